The molecule has 0 aliphatic carbocycles. The zero-order valence-electron chi connectivity index (χ0n) is 18.6. The number of benzene rings is 3. The Morgan fingerprint density at radius 3 is 2.33 bits per heavy atom. The quantitative estimate of drug-likeness (QED) is 0.392. The summed E-state index contributed by atoms with van der Waals surface area (Å²) in [5.41, 5.74) is 5.36. The molecule has 33 heavy (non-hydrogen) atoms. The number of carboxylic acids is 1. The fourth-order valence-electron chi connectivity index (χ4n) is 3.64. The van der Waals surface area contributed by atoms with Crippen LogP contribution in [0.25, 0.3) is 11.1 Å². The number of nitrogens with one attached hydrogen (secondary N) is 1. The number of rotatable bonds is 8. The first kappa shape index (κ1) is 24.6. The number of hydrogen-bond donors (Lipinski definition) is 2. The van der Waals surface area contributed by atoms with Gasteiger partial charge < -0.3 is 15.3 Å². The summed E-state index contributed by atoms with van der Waals surface area (Å²) in [5.74, 6) is -0.915. The molecule has 3 rings (SSSR count). The lowest BCUT2D eigenvalue weighted by Gasteiger charge is -2.23. The molecule has 0 fully saturated rings. The lowest BCUT2D eigenvalue weighted by molar-refractivity contribution is -0.136. The van der Waals surface area contributed by atoms with Crippen molar-refractivity contribution in [1.29, 1.82) is 0 Å². The van der Waals surface area contributed by atoms with Crippen molar-refractivity contribution in [3.05, 3.63) is 93.0 Å². The van der Waals surface area contributed by atoms with Gasteiger partial charge in [0.2, 0.25) is 0 Å². The van der Waals surface area contributed by atoms with Crippen LogP contribution in [-0.2, 0) is 24.3 Å². The molecule has 0 heterocycles. The molecular weight excluding hydrogens is 459 g/mol. The Bertz CT molecular complexity index is 1150. The third kappa shape index (κ3) is 6.98. The van der Waals surface area contributed by atoms with E-state index in [4.69, 9.17) is 28.3 Å². The number of aliphatic carboxylic acids is 1. The molecule has 2 amide bonds. The van der Waals surface area contributed by atoms with E-state index in [0.717, 1.165) is 27.8 Å². The summed E-state index contributed by atoms with van der Waals surface area (Å²) < 4.78 is 0. The predicted octanol–water partition coefficient (Wildman–Crippen LogP) is 6.33. The molecule has 7 heteroatoms. The molecule has 3 aromatic carbocycles. The van der Waals surface area contributed by atoms with Crippen molar-refractivity contribution in [2.75, 3.05) is 6.54 Å². The van der Waals surface area contributed by atoms with Gasteiger partial charge in [-0.1, -0.05) is 65.2 Å². The summed E-state index contributed by atoms with van der Waals surface area (Å²) >= 11 is 12.2. The van der Waals surface area contributed by atoms with Crippen molar-refractivity contribution in [1.82, 2.24) is 10.2 Å². The maximum atomic E-state index is 12.9. The molecule has 0 unspecified atom stereocenters. The fraction of sp³-hybridized carbons (Fsp3) is 0.231. The van der Waals surface area contributed by atoms with Crippen LogP contribution in [-0.4, -0.2) is 28.6 Å². The van der Waals surface area contributed by atoms with E-state index in [9.17, 15) is 9.59 Å². The highest BCUT2D eigenvalue weighted by Gasteiger charge is 2.16. The van der Waals surface area contributed by atoms with Crippen molar-refractivity contribution < 1.29 is 14.7 Å². The summed E-state index contributed by atoms with van der Waals surface area (Å²) in [5, 5.41) is 13.3. The Kier molecular flexibility index (Phi) is 8.37. The number of halogens is 2. The van der Waals surface area contributed by atoms with Crippen LogP contribution in [0.5, 0.6) is 0 Å². The number of urea groups is 1. The van der Waals surface area contributed by atoms with E-state index in [2.05, 4.69) is 5.32 Å². The molecule has 0 radical (unpaired) electrons. The molecule has 5 nitrogen and oxygen atoms in total. The van der Waals surface area contributed by atoms with Gasteiger partial charge in [0.05, 0.1) is 6.42 Å². The standard InChI is InChI=1S/C26H26Cl2N2O3/c1-3-30(26(33)29-15-18-5-7-22(27)8-6-18)16-21-10-17(2)4-9-24(21)20-11-19(13-25(31)32)12-23(28)14-20/h4-12,14H,3,13,15-16H2,1-2H3,(H,29,33)(H,31,32). The van der Waals surface area contributed by atoms with Crippen LogP contribution in [0.2, 0.25) is 10.0 Å². The van der Waals surface area contributed by atoms with Crippen LogP contribution in [0, 0.1) is 6.92 Å². The maximum Gasteiger partial charge on any atom is 0.317 e. The van der Waals surface area contributed by atoms with Crippen LogP contribution in [0.3, 0.4) is 0 Å². The molecule has 3 aromatic rings. The number of amides is 2. The highest BCUT2D eigenvalue weighted by molar-refractivity contribution is 6.31. The molecule has 0 atom stereocenters. The Hall–Kier alpha value is -3.02. The van der Waals surface area contributed by atoms with Crippen LogP contribution in [0.4, 0.5) is 4.79 Å². The minimum absolute atomic E-state index is 0.108. The zero-order chi connectivity index (χ0) is 24.0. The van der Waals surface area contributed by atoms with Crippen LogP contribution < -0.4 is 5.32 Å². The topological polar surface area (TPSA) is 69.6 Å². The van der Waals surface area contributed by atoms with Crippen LogP contribution >= 0.6 is 23.2 Å². The number of aryl methyl sites for hydroxylation is 1. The van der Waals surface area contributed by atoms with E-state index in [0.29, 0.717) is 35.2 Å². The van der Waals surface area contributed by atoms with Crippen LogP contribution in [0.1, 0.15) is 29.2 Å². The Labute approximate surface area is 203 Å². The lowest BCUT2D eigenvalue weighted by atomic mass is 9.95. The number of carbonyl (C=O) groups is 2. The smallest absolute Gasteiger partial charge is 0.317 e. The largest absolute Gasteiger partial charge is 0.481 e. The van der Waals surface area contributed by atoms with Gasteiger partial charge in [-0.15, -0.1) is 0 Å². The van der Waals surface area contributed by atoms with E-state index in [-0.39, 0.29) is 12.5 Å². The first-order valence-corrected chi connectivity index (χ1v) is 11.4. The van der Waals surface area contributed by atoms with Crippen molar-refractivity contribution in [2.45, 2.75) is 33.4 Å². The number of nitrogens with zero attached hydrogens (tertiary/aromatic N) is 1. The molecule has 2 N–H and O–H groups in total. The Morgan fingerprint density at radius 1 is 0.939 bits per heavy atom. The van der Waals surface area contributed by atoms with Gasteiger partial charge in [0.15, 0.2) is 0 Å². The molecular formula is C26H26Cl2N2O3. The molecule has 0 bridgehead atoms. The normalized spacial score (nSPS) is 10.7. The fourth-order valence-corrected chi connectivity index (χ4v) is 4.03. The van der Waals surface area contributed by atoms with E-state index >= 15 is 0 Å². The number of carboxylic acid groups (broad SMARTS) is 1. The average molecular weight is 485 g/mol. The predicted molar refractivity (Wildman–Crippen MR) is 133 cm³/mol. The first-order chi connectivity index (χ1) is 15.7. The van der Waals surface area contributed by atoms with Crippen molar-refractivity contribution in [3.8, 4) is 11.1 Å². The molecule has 172 valence electrons. The molecule has 0 saturated carbocycles. The van der Waals surface area contributed by atoms with Crippen molar-refractivity contribution in [2.24, 2.45) is 0 Å². The van der Waals surface area contributed by atoms with Gasteiger partial charge >= 0.3 is 12.0 Å². The highest BCUT2D eigenvalue weighted by atomic mass is 35.5. The SMILES string of the molecule is CCN(Cc1cc(C)ccc1-c1cc(Cl)cc(CC(=O)O)c1)C(=O)NCc1ccc(Cl)cc1. The second kappa shape index (κ2) is 11.2. The molecule has 0 aliphatic heterocycles. The second-order valence-electron chi connectivity index (χ2n) is 7.88. The summed E-state index contributed by atoms with van der Waals surface area (Å²) in [7, 11) is 0. The van der Waals surface area contributed by atoms with Gasteiger partial charge in [-0.3, -0.25) is 4.79 Å². The first-order valence-electron chi connectivity index (χ1n) is 10.6. The van der Waals surface area contributed by atoms with Crippen molar-refractivity contribution in [3.63, 3.8) is 0 Å². The van der Waals surface area contributed by atoms with Gasteiger partial charge in [-0.25, -0.2) is 4.79 Å². The molecule has 0 saturated heterocycles. The van der Waals surface area contributed by atoms with Crippen LogP contribution in [0.15, 0.2) is 60.7 Å². The Morgan fingerprint density at radius 2 is 1.67 bits per heavy atom. The second-order valence-corrected chi connectivity index (χ2v) is 8.75. The summed E-state index contributed by atoms with van der Waals surface area (Å²) in [6.07, 6.45) is -0.108. The highest BCUT2D eigenvalue weighted by Crippen LogP contribution is 2.30. The third-order valence-corrected chi connectivity index (χ3v) is 5.74. The van der Waals surface area contributed by atoms with E-state index in [1.807, 2.05) is 56.3 Å². The number of carbonyl (C=O) groups excluding carboxylic acids is 1. The third-order valence-electron chi connectivity index (χ3n) is 5.27. The Balaban J connectivity index is 1.83. The maximum absolute atomic E-state index is 12.9. The van der Waals surface area contributed by atoms with E-state index in [1.54, 1.807) is 23.1 Å². The van der Waals surface area contributed by atoms with E-state index in [1.165, 1.54) is 0 Å². The summed E-state index contributed by atoms with van der Waals surface area (Å²) in [6.45, 7) is 5.26. The number of hydrogen-bond acceptors (Lipinski definition) is 2. The summed E-state index contributed by atoms with van der Waals surface area (Å²) in [6, 6.07) is 18.5. The zero-order valence-corrected chi connectivity index (χ0v) is 20.1. The monoisotopic (exact) mass is 484 g/mol. The minimum atomic E-state index is -0.915. The van der Waals surface area contributed by atoms with Gasteiger partial charge in [-0.05, 0) is 65.9 Å². The molecule has 0 aromatic heterocycles. The summed E-state index contributed by atoms with van der Waals surface area (Å²) in [4.78, 5) is 25.8. The lowest BCUT2D eigenvalue weighted by Crippen LogP contribution is -2.39. The van der Waals surface area contributed by atoms with Gasteiger partial charge in [0.25, 0.3) is 0 Å². The van der Waals surface area contributed by atoms with Gasteiger partial charge in [0, 0.05) is 29.7 Å². The van der Waals surface area contributed by atoms with Gasteiger partial charge in [-0.2, -0.15) is 0 Å². The van der Waals surface area contributed by atoms with E-state index < -0.39 is 5.97 Å². The van der Waals surface area contributed by atoms with Gasteiger partial charge in [0.1, 0.15) is 0 Å². The van der Waals surface area contributed by atoms with Crippen molar-refractivity contribution >= 4 is 35.2 Å². The minimum Gasteiger partial charge on any atom is -0.481 e. The molecule has 0 spiro atoms. The average Bonchev–Trinajstić information content (AvgIpc) is 2.76. The molecule has 0 aliphatic rings.